The van der Waals surface area contributed by atoms with E-state index in [-0.39, 0.29) is 40.2 Å². The lowest BCUT2D eigenvalue weighted by Crippen LogP contribution is -2.53. The van der Waals surface area contributed by atoms with Gasteiger partial charge in [0.05, 0.1) is 61.2 Å². The van der Waals surface area contributed by atoms with Gasteiger partial charge in [0, 0.05) is 6.61 Å². The van der Waals surface area contributed by atoms with Crippen molar-refractivity contribution < 1.29 is 28.8 Å². The number of ether oxygens (including phenoxy) is 5. The molecule has 0 aromatic rings. The molecule has 0 bridgehead atoms. The van der Waals surface area contributed by atoms with Crippen LogP contribution in [0, 0.1) is 34.0 Å². The molecule has 0 aromatic carbocycles. The van der Waals surface area contributed by atoms with Gasteiger partial charge in [-0.3, -0.25) is 0 Å². The first-order chi connectivity index (χ1) is 21.3. The van der Waals surface area contributed by atoms with Gasteiger partial charge in [0.1, 0.15) is 0 Å². The van der Waals surface area contributed by atoms with Gasteiger partial charge in [0.25, 0.3) is 0 Å². The molecule has 6 nitrogen and oxygen atoms in total. The molecular weight excluding hydrogens is 588 g/mol. The van der Waals surface area contributed by atoms with E-state index in [2.05, 4.69) is 117 Å². The van der Waals surface area contributed by atoms with Crippen molar-refractivity contribution in [3.05, 3.63) is 12.8 Å². The molecule has 0 amide bonds. The van der Waals surface area contributed by atoms with Crippen LogP contribution in [0.25, 0.3) is 0 Å². The summed E-state index contributed by atoms with van der Waals surface area (Å²) in [6, 6.07) is 0. The Balaban J connectivity index is 2.74. The van der Waals surface area contributed by atoms with Crippen molar-refractivity contribution >= 4 is 0 Å². The summed E-state index contributed by atoms with van der Waals surface area (Å²) < 4.78 is 31.7. The summed E-state index contributed by atoms with van der Waals surface area (Å²) in [7, 11) is 0. The highest BCUT2D eigenvalue weighted by Crippen LogP contribution is 2.52. The zero-order valence-corrected chi connectivity index (χ0v) is 34.1. The number of hydrogen-bond acceptors (Lipinski definition) is 6. The van der Waals surface area contributed by atoms with Crippen LogP contribution in [0.3, 0.4) is 0 Å². The van der Waals surface area contributed by atoms with Gasteiger partial charge < -0.3 is 28.8 Å². The van der Waals surface area contributed by atoms with Crippen LogP contribution in [0.15, 0.2) is 12.8 Å². The Bertz CT molecular complexity index is 905. The predicted octanol–water partition coefficient (Wildman–Crippen LogP) is 10.4. The predicted molar refractivity (Wildman–Crippen MR) is 198 cm³/mol. The fourth-order valence-electron chi connectivity index (χ4n) is 6.31. The van der Waals surface area contributed by atoms with E-state index < -0.39 is 11.2 Å². The second kappa shape index (κ2) is 17.5. The van der Waals surface area contributed by atoms with E-state index in [1.807, 2.05) is 0 Å². The Morgan fingerprint density at radius 2 is 1.19 bits per heavy atom. The molecule has 1 aliphatic carbocycles. The lowest BCUT2D eigenvalue weighted by atomic mass is 9.58. The molecule has 1 atom stereocenters. The average Bonchev–Trinajstić information content (AvgIpc) is 2.94. The molecule has 1 aliphatic rings. The lowest BCUT2D eigenvalue weighted by Gasteiger charge is -2.53. The van der Waals surface area contributed by atoms with Gasteiger partial charge in [-0.2, -0.15) is 0 Å². The summed E-state index contributed by atoms with van der Waals surface area (Å²) in [6.07, 6.45) is 8.49. The van der Waals surface area contributed by atoms with Gasteiger partial charge in [0.15, 0.2) is 0 Å². The van der Waals surface area contributed by atoms with Crippen LogP contribution in [0.1, 0.15) is 156 Å². The van der Waals surface area contributed by atoms with Gasteiger partial charge in [0.2, 0.25) is 0 Å². The van der Waals surface area contributed by atoms with Crippen molar-refractivity contribution in [2.75, 3.05) is 33.0 Å². The van der Waals surface area contributed by atoms with E-state index in [1.54, 1.807) is 6.26 Å². The Morgan fingerprint density at radius 1 is 0.681 bits per heavy atom. The molecule has 47 heavy (non-hydrogen) atoms. The first kappa shape index (κ1) is 44.4. The van der Waals surface area contributed by atoms with Gasteiger partial charge in [-0.1, -0.05) is 62.0 Å². The van der Waals surface area contributed by atoms with Crippen LogP contribution in [-0.2, 0) is 23.7 Å². The van der Waals surface area contributed by atoms with Gasteiger partial charge in [-0.15, -0.1) is 0 Å². The Kier molecular flexibility index (Phi) is 16.5. The highest BCUT2D eigenvalue weighted by atomic mass is 16.5. The van der Waals surface area contributed by atoms with Crippen molar-refractivity contribution in [3.63, 3.8) is 0 Å². The molecule has 1 rings (SSSR count). The average molecular weight is 669 g/mol. The molecule has 0 aliphatic heterocycles. The number of rotatable bonds is 23. The molecule has 1 unspecified atom stereocenters. The summed E-state index contributed by atoms with van der Waals surface area (Å²) in [6.45, 7) is 42.0. The monoisotopic (exact) mass is 669 g/mol. The summed E-state index contributed by atoms with van der Waals surface area (Å²) in [5.41, 5.74) is -1.83. The third kappa shape index (κ3) is 13.2. The van der Waals surface area contributed by atoms with E-state index in [0.29, 0.717) is 31.0 Å². The second-order valence-corrected chi connectivity index (χ2v) is 19.0. The summed E-state index contributed by atoms with van der Waals surface area (Å²) in [5, 5.41) is 10.5. The molecule has 0 radical (unpaired) electrons. The fraction of sp³-hybridized carbons (Fsp3) is 0.951. The molecule has 1 fully saturated rings. The third-order valence-corrected chi connectivity index (χ3v) is 13.1. The fourth-order valence-corrected chi connectivity index (χ4v) is 6.31. The van der Waals surface area contributed by atoms with Crippen LogP contribution >= 0.6 is 0 Å². The standard InChI is InChI=1S/C41H80O6/c1-18-43-29-32-19-21-33(22-20-32)30-46-37(8,9)24-26-45-41(16,17)39(12,13)36(6,7)27-34(28-42)47-40(14,15)35(4,5)23-25-44-38(10,11)31(2)3/h18,31-34,42H,1,19-30H2,2-17H3. The normalized spacial score (nSPS) is 20.0. The second-order valence-electron chi connectivity index (χ2n) is 19.0. The Hall–Kier alpha value is -0.660. The topological polar surface area (TPSA) is 66.4 Å². The van der Waals surface area contributed by atoms with Crippen molar-refractivity contribution in [1.82, 2.24) is 0 Å². The highest BCUT2D eigenvalue weighted by Gasteiger charge is 2.50. The van der Waals surface area contributed by atoms with Gasteiger partial charge in [-0.25, -0.2) is 0 Å². The minimum absolute atomic E-state index is 0.0209. The van der Waals surface area contributed by atoms with Crippen LogP contribution < -0.4 is 0 Å². The molecule has 0 heterocycles. The molecule has 1 saturated carbocycles. The molecule has 0 spiro atoms. The molecule has 1 N–H and O–H groups in total. The first-order valence-electron chi connectivity index (χ1n) is 18.7. The number of aliphatic hydroxyl groups excluding tert-OH is 1. The van der Waals surface area contributed by atoms with Crippen LogP contribution in [-0.4, -0.2) is 66.6 Å². The smallest absolute Gasteiger partial charge is 0.0901 e. The van der Waals surface area contributed by atoms with Crippen molar-refractivity contribution in [2.24, 2.45) is 34.0 Å². The minimum atomic E-state index is -0.456. The Labute approximate surface area is 292 Å². The van der Waals surface area contributed by atoms with Crippen molar-refractivity contribution in [2.45, 2.75) is 184 Å². The zero-order valence-electron chi connectivity index (χ0n) is 34.1. The molecule has 0 aromatic heterocycles. The third-order valence-electron chi connectivity index (χ3n) is 13.1. The molecule has 0 saturated heterocycles. The van der Waals surface area contributed by atoms with Gasteiger partial charge >= 0.3 is 0 Å². The highest BCUT2D eigenvalue weighted by molar-refractivity contribution is 5.00. The molecule has 6 heteroatoms. The van der Waals surface area contributed by atoms with E-state index in [9.17, 15) is 5.11 Å². The van der Waals surface area contributed by atoms with Gasteiger partial charge in [-0.05, 0) is 134 Å². The molecule has 280 valence electrons. The van der Waals surface area contributed by atoms with Crippen LogP contribution in [0.2, 0.25) is 0 Å². The SMILES string of the molecule is C=COCC1CCC(COC(C)(C)CCOC(C)(C)C(C)(C)C(C)(C)CC(CO)OC(C)(C)C(C)(C)CCOC(C)(C)C(C)C)CC1. The molecular formula is C41H80O6. The summed E-state index contributed by atoms with van der Waals surface area (Å²) >= 11 is 0. The maximum Gasteiger partial charge on any atom is 0.0901 e. The quantitative estimate of drug-likeness (QED) is 0.109. The Morgan fingerprint density at radius 3 is 1.68 bits per heavy atom. The van der Waals surface area contributed by atoms with Crippen molar-refractivity contribution in [1.29, 1.82) is 0 Å². The maximum atomic E-state index is 10.5. The lowest BCUT2D eigenvalue weighted by molar-refractivity contribution is -0.191. The first-order valence-corrected chi connectivity index (χ1v) is 18.7. The zero-order chi connectivity index (χ0) is 36.5. The number of hydrogen-bond donors (Lipinski definition) is 1. The minimum Gasteiger partial charge on any atom is -0.502 e. The summed E-state index contributed by atoms with van der Waals surface area (Å²) in [4.78, 5) is 0. The maximum absolute atomic E-state index is 10.5. The summed E-state index contributed by atoms with van der Waals surface area (Å²) in [5.74, 6) is 1.70. The van der Waals surface area contributed by atoms with Crippen molar-refractivity contribution in [3.8, 4) is 0 Å². The van der Waals surface area contributed by atoms with E-state index in [4.69, 9.17) is 23.7 Å². The number of aliphatic hydroxyl groups is 1. The van der Waals surface area contributed by atoms with E-state index >= 15 is 0 Å². The largest absolute Gasteiger partial charge is 0.502 e. The van der Waals surface area contributed by atoms with Crippen LogP contribution in [0.5, 0.6) is 0 Å². The van der Waals surface area contributed by atoms with Crippen LogP contribution in [0.4, 0.5) is 0 Å². The van der Waals surface area contributed by atoms with E-state index in [0.717, 1.165) is 32.5 Å². The van der Waals surface area contributed by atoms with E-state index in [1.165, 1.54) is 25.7 Å².